The van der Waals surface area contributed by atoms with Gasteiger partial charge in [-0.3, -0.25) is 62.5 Å². The van der Waals surface area contributed by atoms with Gasteiger partial charge in [0.1, 0.15) is 40.5 Å². The molecule has 19 nitrogen and oxygen atoms in total. The van der Waals surface area contributed by atoms with Crippen molar-refractivity contribution in [3.63, 3.8) is 0 Å². The van der Waals surface area contributed by atoms with Crippen molar-refractivity contribution in [1.82, 2.24) is 4.98 Å². The average molecular weight is 1630 g/mol. The molecule has 7 rings (SSSR count). The van der Waals surface area contributed by atoms with Crippen molar-refractivity contribution >= 4 is 82.3 Å². The summed E-state index contributed by atoms with van der Waals surface area (Å²) in [4.78, 5) is 144. The van der Waals surface area contributed by atoms with Gasteiger partial charge in [-0.05, 0) is 152 Å². The predicted octanol–water partition coefficient (Wildman–Crippen LogP) is 18.9. The molecule has 0 amide bonds. The highest BCUT2D eigenvalue weighted by Gasteiger charge is 2.30. The van der Waals surface area contributed by atoms with Crippen LogP contribution in [0, 0.1) is 98.6 Å². The number of ketones is 6. The van der Waals surface area contributed by atoms with Crippen LogP contribution in [-0.4, -0.2) is 112 Å². The summed E-state index contributed by atoms with van der Waals surface area (Å²) < 4.78 is 13.6. The number of carbonyl (C=O) groups is 12. The Kier molecular flexibility index (Phi) is 48.5. The normalized spacial score (nSPS) is 12.8. The summed E-state index contributed by atoms with van der Waals surface area (Å²) >= 11 is 1.66. The van der Waals surface area contributed by atoms with E-state index in [0.29, 0.717) is 50.5 Å². The lowest BCUT2D eigenvalue weighted by Crippen LogP contribution is -2.25. The third-order valence-electron chi connectivity index (χ3n) is 19.9. The Morgan fingerprint density at radius 1 is 0.359 bits per heavy atom. The van der Waals surface area contributed by atoms with Crippen molar-refractivity contribution < 1.29 is 92.6 Å². The summed E-state index contributed by atoms with van der Waals surface area (Å²) in [5, 5.41) is 54.9. The standard InChI is InChI=1S/C17H17NO3.C16H22O3S.3C16H22O3.C15H19FO3/c19-16(10-14-7-4-8-18-12-14)11-15(17(20)21)9-13-5-2-1-3-6-13;1-11(2)8-13(16(18)19)10-14(17)9-12-4-6-15(20-3)7-5-12;1-11(2)8-14(16(18)19)10-15(17)9-13-6-4-12(3)5-7-13;2*1-4-12(3)15(16(18)19)10-14(17)9-13-7-5-11(2)6-8-13;1-9(2)13(15(18)19)8-12(17)7-11-5-4-10(3)6-14(11)16/h1-8,12,15H,9-11H2,(H,20,21);4-7,11,13H,8-10H2,1-3H3,(H,18,19);4-7,11,14H,8-10H2,1-3H3,(H,18,19);2*5-8,12,15H,4,9-10H2,1-3H3,(H,18,19);4-6,9,13H,7-8H2,1-3H3,(H,18,19)/t;13-;14-;12-,15+;12-,15-;13-/m.11000/s1. The van der Waals surface area contributed by atoms with E-state index in [0.717, 1.165) is 73.4 Å². The minimum absolute atomic E-state index is 0.00287. The number of rotatable bonds is 42. The van der Waals surface area contributed by atoms with Gasteiger partial charge in [0.15, 0.2) is 0 Å². The maximum absolute atomic E-state index is 13.6. The van der Waals surface area contributed by atoms with E-state index in [1.165, 1.54) is 6.07 Å². The number of thioether (sulfide) groups is 1. The third-order valence-corrected chi connectivity index (χ3v) is 20.7. The molecule has 21 heteroatoms. The molecule has 0 aliphatic carbocycles. The molecule has 0 saturated heterocycles. The zero-order valence-corrected chi connectivity index (χ0v) is 71.7. The molecule has 0 aliphatic rings. The van der Waals surface area contributed by atoms with Crippen molar-refractivity contribution in [2.75, 3.05) is 6.26 Å². The summed E-state index contributed by atoms with van der Waals surface area (Å²) in [5.74, 6) is -9.28. The summed E-state index contributed by atoms with van der Waals surface area (Å²) in [6.07, 6.45) is 10.2. The van der Waals surface area contributed by atoms with E-state index in [1.54, 1.807) is 63.1 Å². The molecule has 0 aliphatic heterocycles. The van der Waals surface area contributed by atoms with Crippen molar-refractivity contribution in [1.29, 1.82) is 0 Å². The molecule has 6 aromatic carbocycles. The van der Waals surface area contributed by atoms with Crippen LogP contribution in [0.1, 0.15) is 195 Å². The number of hydrogen-bond donors (Lipinski definition) is 6. The van der Waals surface area contributed by atoms with Crippen LogP contribution in [0.25, 0.3) is 0 Å². The molecule has 634 valence electrons. The van der Waals surface area contributed by atoms with E-state index < -0.39 is 77.1 Å². The number of aromatic nitrogens is 1. The maximum atomic E-state index is 13.6. The second-order valence-corrected chi connectivity index (χ2v) is 32.6. The van der Waals surface area contributed by atoms with E-state index in [-0.39, 0.29) is 116 Å². The van der Waals surface area contributed by atoms with Crippen LogP contribution in [-0.2, 0) is 102 Å². The minimum Gasteiger partial charge on any atom is -0.481 e. The zero-order chi connectivity index (χ0) is 88.0. The SMILES string of the molecule is CC[C@H](C)[C@@H](CC(=O)Cc1ccc(C)cc1)C(=O)O.CC[C@H](C)[C@H](CC(=O)Cc1ccc(C)cc1)C(=O)O.CSc1ccc(CC(=O)C[C@@H](CC(C)C)C(=O)O)cc1.Cc1ccc(CC(=O)C[C@@H](CC(C)C)C(=O)O)cc1.Cc1ccc(CC(=O)C[C@H](C(=O)O)C(C)C)c(F)c1.O=C(Cc1cccnc1)CC(Cc1ccccc1)C(=O)O. The summed E-state index contributed by atoms with van der Waals surface area (Å²) in [7, 11) is 0. The highest BCUT2D eigenvalue weighted by Crippen LogP contribution is 2.26. The number of aryl methyl sites for hydroxylation is 4. The number of nitrogens with zero attached hydrogens (tertiary/aromatic N) is 1. The second kappa shape index (κ2) is 55.2. The fourth-order valence-corrected chi connectivity index (χ4v) is 13.0. The lowest BCUT2D eigenvalue weighted by atomic mass is 9.86. The molecule has 0 spiro atoms. The first-order valence-electron chi connectivity index (χ1n) is 40.1. The molecule has 117 heavy (non-hydrogen) atoms. The monoisotopic (exact) mass is 1630 g/mol. The first-order chi connectivity index (χ1) is 55.1. The van der Waals surface area contributed by atoms with Crippen LogP contribution in [0.15, 0.2) is 175 Å². The van der Waals surface area contributed by atoms with Gasteiger partial charge in [-0.1, -0.05) is 232 Å². The summed E-state index contributed by atoms with van der Waals surface area (Å²) in [6.45, 7) is 26.8. The molecule has 0 saturated carbocycles. The van der Waals surface area contributed by atoms with Gasteiger partial charge >= 0.3 is 35.8 Å². The fraction of sp³-hybridized carbons (Fsp3) is 0.448. The number of Topliss-reactive ketones (excluding diaryl/α,β-unsaturated/α-hetero) is 6. The summed E-state index contributed by atoms with van der Waals surface area (Å²) in [5.41, 5.74) is 10.1. The largest absolute Gasteiger partial charge is 0.481 e. The molecule has 1 unspecified atom stereocenters. The topological polar surface area (TPSA) is 339 Å². The zero-order valence-electron chi connectivity index (χ0n) is 70.9. The second-order valence-electron chi connectivity index (χ2n) is 31.7. The molecule has 0 fully saturated rings. The Bertz CT molecular complexity index is 4150. The van der Waals surface area contributed by atoms with Gasteiger partial charge in [-0.15, -0.1) is 11.8 Å². The summed E-state index contributed by atoms with van der Waals surface area (Å²) in [6, 6.07) is 48.8. The number of aliphatic carboxylic acids is 6. The van der Waals surface area contributed by atoms with Gasteiger partial charge < -0.3 is 30.6 Å². The van der Waals surface area contributed by atoms with Crippen LogP contribution in [0.4, 0.5) is 4.39 Å². The van der Waals surface area contributed by atoms with Crippen molar-refractivity contribution in [2.24, 2.45) is 65.1 Å². The van der Waals surface area contributed by atoms with Gasteiger partial charge in [0, 0.05) is 94.3 Å². The molecule has 8 atom stereocenters. The van der Waals surface area contributed by atoms with Gasteiger partial charge in [0.25, 0.3) is 0 Å². The lowest BCUT2D eigenvalue weighted by molar-refractivity contribution is -0.146. The smallest absolute Gasteiger partial charge is 0.307 e. The number of hydrogen-bond acceptors (Lipinski definition) is 14. The molecule has 0 radical (unpaired) electrons. The number of carbonyl (C=O) groups excluding carboxylic acids is 6. The molecule has 0 bridgehead atoms. The number of benzene rings is 6. The number of carboxylic acid groups (broad SMARTS) is 6. The predicted molar refractivity (Wildman–Crippen MR) is 457 cm³/mol. The highest BCUT2D eigenvalue weighted by atomic mass is 32.2. The van der Waals surface area contributed by atoms with Crippen LogP contribution < -0.4 is 0 Å². The maximum Gasteiger partial charge on any atom is 0.307 e. The van der Waals surface area contributed by atoms with Gasteiger partial charge in [0.2, 0.25) is 0 Å². The van der Waals surface area contributed by atoms with Crippen molar-refractivity contribution in [2.45, 2.75) is 211 Å². The Morgan fingerprint density at radius 3 is 1.00 bits per heavy atom. The lowest BCUT2D eigenvalue weighted by Gasteiger charge is -2.17. The van der Waals surface area contributed by atoms with E-state index in [9.17, 15) is 77.2 Å². The number of pyridine rings is 1. The molecule has 6 N–H and O–H groups in total. The van der Waals surface area contributed by atoms with E-state index >= 15 is 0 Å². The first-order valence-corrected chi connectivity index (χ1v) is 41.3. The quantitative estimate of drug-likeness (QED) is 0.0194. The average Bonchev–Trinajstić information content (AvgIpc) is 0.871. The Labute approximate surface area is 695 Å². The van der Waals surface area contributed by atoms with Gasteiger partial charge in [-0.25, -0.2) is 4.39 Å². The van der Waals surface area contributed by atoms with Crippen LogP contribution in [0.5, 0.6) is 0 Å². The molecule has 7 aromatic rings. The Hall–Kier alpha value is -10.4. The Morgan fingerprint density at radius 2 is 0.684 bits per heavy atom. The minimum atomic E-state index is -0.979. The van der Waals surface area contributed by atoms with Crippen LogP contribution in [0.2, 0.25) is 0 Å². The number of carboxylic acids is 6. The third kappa shape index (κ3) is 43.9. The Balaban J connectivity index is 0.000000476. The number of halogens is 1. The van der Waals surface area contributed by atoms with Crippen LogP contribution in [0.3, 0.4) is 0 Å². The van der Waals surface area contributed by atoms with E-state index in [1.807, 2.05) is 216 Å². The highest BCUT2D eigenvalue weighted by molar-refractivity contribution is 7.98. The van der Waals surface area contributed by atoms with Gasteiger partial charge in [0.05, 0.1) is 35.5 Å². The van der Waals surface area contributed by atoms with E-state index in [4.69, 9.17) is 15.3 Å². The van der Waals surface area contributed by atoms with Crippen LogP contribution >= 0.6 is 11.8 Å². The molecular formula is C96H124FNO18S. The van der Waals surface area contributed by atoms with E-state index in [2.05, 4.69) is 4.98 Å². The van der Waals surface area contributed by atoms with Crippen molar-refractivity contribution in [3.8, 4) is 0 Å². The first kappa shape index (κ1) is 103. The molecule has 1 heterocycles. The molecule has 1 aromatic heterocycles. The molecular weight excluding hydrogens is 1510 g/mol. The van der Waals surface area contributed by atoms with Crippen molar-refractivity contribution in [3.05, 3.63) is 237 Å². The van der Waals surface area contributed by atoms with Gasteiger partial charge in [-0.2, -0.15) is 0 Å². The fourth-order valence-electron chi connectivity index (χ4n) is 12.6.